The molecule has 0 aliphatic carbocycles. The summed E-state index contributed by atoms with van der Waals surface area (Å²) in [6.45, 7) is 4.95. The fraction of sp³-hybridized carbons (Fsp3) is 0.500. The monoisotopic (exact) mass is 258 g/mol. The number of nitrogens with two attached hydrogens (primary N) is 1. The number of fused-ring (bicyclic) bond motifs is 1. The maximum Gasteiger partial charge on any atom is 0.0483 e. The van der Waals surface area contributed by atoms with Crippen LogP contribution < -0.4 is 5.73 Å². The first-order chi connectivity index (χ1) is 9.24. The van der Waals surface area contributed by atoms with Crippen LogP contribution in [0.3, 0.4) is 0 Å². The molecule has 1 aliphatic heterocycles. The molecule has 3 rings (SSSR count). The molecule has 0 amide bonds. The third-order valence-corrected chi connectivity index (χ3v) is 4.12. The van der Waals surface area contributed by atoms with Gasteiger partial charge >= 0.3 is 0 Å². The van der Waals surface area contributed by atoms with Crippen LogP contribution in [0.25, 0.3) is 10.9 Å². The Morgan fingerprint density at radius 2 is 2.11 bits per heavy atom. The third kappa shape index (κ3) is 2.67. The lowest BCUT2D eigenvalue weighted by molar-refractivity contribution is 0.0616. The summed E-state index contributed by atoms with van der Waals surface area (Å²) in [5.41, 5.74) is 8.50. The molecule has 1 saturated heterocycles. The minimum Gasteiger partial charge on any atom is -0.381 e. The third-order valence-electron chi connectivity index (χ3n) is 4.12. The zero-order valence-electron chi connectivity index (χ0n) is 11.5. The quantitative estimate of drug-likeness (QED) is 0.919. The summed E-state index contributed by atoms with van der Waals surface area (Å²) in [6, 6.07) is 8.83. The Bertz CT molecular complexity index is 553. The molecule has 102 valence electrons. The van der Waals surface area contributed by atoms with E-state index in [1.807, 2.05) is 6.92 Å². The summed E-state index contributed by atoms with van der Waals surface area (Å²) in [7, 11) is 0. The van der Waals surface area contributed by atoms with Crippen molar-refractivity contribution in [3.8, 4) is 0 Å². The van der Waals surface area contributed by atoms with Crippen LogP contribution in [-0.2, 0) is 11.3 Å². The van der Waals surface area contributed by atoms with Gasteiger partial charge in [-0.25, -0.2) is 0 Å². The van der Waals surface area contributed by atoms with Gasteiger partial charge in [0.05, 0.1) is 0 Å². The van der Waals surface area contributed by atoms with Gasteiger partial charge in [-0.1, -0.05) is 12.1 Å². The van der Waals surface area contributed by atoms with E-state index in [0.29, 0.717) is 0 Å². The van der Waals surface area contributed by atoms with Crippen LogP contribution in [0.4, 0.5) is 0 Å². The van der Waals surface area contributed by atoms with E-state index in [9.17, 15) is 0 Å². The van der Waals surface area contributed by atoms with E-state index < -0.39 is 0 Å². The van der Waals surface area contributed by atoms with Gasteiger partial charge in [-0.3, -0.25) is 0 Å². The van der Waals surface area contributed by atoms with Crippen LogP contribution in [0.15, 0.2) is 30.5 Å². The van der Waals surface area contributed by atoms with Crippen LogP contribution in [0.2, 0.25) is 0 Å². The van der Waals surface area contributed by atoms with Crippen molar-refractivity contribution in [3.05, 3.63) is 36.0 Å². The van der Waals surface area contributed by atoms with E-state index in [0.717, 1.165) is 25.7 Å². The standard InChI is InChI=1S/C16H22N2O/c1-12(17)15-3-2-14-4-7-18(16(14)10-15)11-13-5-8-19-9-6-13/h2-4,7,10,12-13H,5-6,8-9,11,17H2,1H3. The smallest absolute Gasteiger partial charge is 0.0483 e. The van der Waals surface area contributed by atoms with Gasteiger partial charge in [0, 0.05) is 37.5 Å². The molecule has 1 aliphatic rings. The number of benzene rings is 1. The van der Waals surface area contributed by atoms with Crippen molar-refractivity contribution in [3.63, 3.8) is 0 Å². The molecule has 1 aromatic heterocycles. The van der Waals surface area contributed by atoms with E-state index >= 15 is 0 Å². The second-order valence-electron chi connectivity index (χ2n) is 5.63. The van der Waals surface area contributed by atoms with Crippen molar-refractivity contribution in [1.82, 2.24) is 4.57 Å². The Morgan fingerprint density at radius 1 is 1.32 bits per heavy atom. The van der Waals surface area contributed by atoms with Gasteiger partial charge in [-0.2, -0.15) is 0 Å². The molecule has 3 nitrogen and oxygen atoms in total. The van der Waals surface area contributed by atoms with Crippen molar-refractivity contribution in [2.45, 2.75) is 32.4 Å². The average Bonchev–Trinajstić information content (AvgIpc) is 2.82. The molecule has 2 heterocycles. The zero-order chi connectivity index (χ0) is 13.2. The summed E-state index contributed by atoms with van der Waals surface area (Å²) in [5.74, 6) is 0.739. The molecule has 0 bridgehead atoms. The van der Waals surface area contributed by atoms with E-state index in [1.165, 1.54) is 29.3 Å². The van der Waals surface area contributed by atoms with Crippen LogP contribution in [0, 0.1) is 5.92 Å². The molecular formula is C16H22N2O. The molecular weight excluding hydrogens is 236 g/mol. The number of nitrogens with zero attached hydrogens (tertiary/aromatic N) is 1. The molecule has 1 unspecified atom stereocenters. The maximum absolute atomic E-state index is 5.98. The lowest BCUT2D eigenvalue weighted by Gasteiger charge is -2.23. The summed E-state index contributed by atoms with van der Waals surface area (Å²) < 4.78 is 7.80. The van der Waals surface area contributed by atoms with Gasteiger partial charge in [0.1, 0.15) is 0 Å². The van der Waals surface area contributed by atoms with Crippen molar-refractivity contribution in [2.24, 2.45) is 11.7 Å². The van der Waals surface area contributed by atoms with Crippen LogP contribution in [0.1, 0.15) is 31.4 Å². The zero-order valence-corrected chi connectivity index (χ0v) is 11.5. The first-order valence-corrected chi connectivity index (χ1v) is 7.16. The molecule has 1 fully saturated rings. The molecule has 19 heavy (non-hydrogen) atoms. The number of aromatic nitrogens is 1. The Labute approximate surface area is 114 Å². The fourth-order valence-electron chi connectivity index (χ4n) is 2.85. The highest BCUT2D eigenvalue weighted by molar-refractivity contribution is 5.81. The van der Waals surface area contributed by atoms with E-state index in [1.54, 1.807) is 0 Å². The molecule has 2 aromatic rings. The Balaban J connectivity index is 1.87. The molecule has 2 N–H and O–H groups in total. The number of hydrogen-bond donors (Lipinski definition) is 1. The van der Waals surface area contributed by atoms with Crippen molar-refractivity contribution in [2.75, 3.05) is 13.2 Å². The lowest BCUT2D eigenvalue weighted by Crippen LogP contribution is -2.20. The Hall–Kier alpha value is -1.32. The highest BCUT2D eigenvalue weighted by Crippen LogP contribution is 2.24. The highest BCUT2D eigenvalue weighted by Gasteiger charge is 2.15. The van der Waals surface area contributed by atoms with Crippen LogP contribution in [-0.4, -0.2) is 17.8 Å². The van der Waals surface area contributed by atoms with Gasteiger partial charge in [-0.05, 0) is 48.8 Å². The van der Waals surface area contributed by atoms with Gasteiger partial charge in [0.25, 0.3) is 0 Å². The normalized spacial score (nSPS) is 18.8. The first-order valence-electron chi connectivity index (χ1n) is 7.16. The van der Waals surface area contributed by atoms with Gasteiger partial charge in [-0.15, -0.1) is 0 Å². The molecule has 3 heteroatoms. The predicted molar refractivity (Wildman–Crippen MR) is 78.1 cm³/mol. The number of hydrogen-bond acceptors (Lipinski definition) is 2. The summed E-state index contributed by atoms with van der Waals surface area (Å²) in [4.78, 5) is 0. The molecule has 1 atom stereocenters. The number of rotatable bonds is 3. The Kier molecular flexibility index (Phi) is 3.58. The van der Waals surface area contributed by atoms with Crippen molar-refractivity contribution < 1.29 is 4.74 Å². The second-order valence-corrected chi connectivity index (χ2v) is 5.63. The average molecular weight is 258 g/mol. The van der Waals surface area contributed by atoms with Crippen molar-refractivity contribution in [1.29, 1.82) is 0 Å². The fourth-order valence-corrected chi connectivity index (χ4v) is 2.85. The molecule has 1 aromatic carbocycles. The van der Waals surface area contributed by atoms with Crippen molar-refractivity contribution >= 4 is 10.9 Å². The van der Waals surface area contributed by atoms with Gasteiger partial charge < -0.3 is 15.0 Å². The van der Waals surface area contributed by atoms with Gasteiger partial charge in [0.15, 0.2) is 0 Å². The second kappa shape index (κ2) is 5.35. The number of ether oxygens (including phenoxy) is 1. The minimum absolute atomic E-state index is 0.0934. The first kappa shape index (κ1) is 12.7. The lowest BCUT2D eigenvalue weighted by atomic mass is 10.0. The summed E-state index contributed by atoms with van der Waals surface area (Å²) >= 11 is 0. The minimum atomic E-state index is 0.0934. The topological polar surface area (TPSA) is 40.2 Å². The highest BCUT2D eigenvalue weighted by atomic mass is 16.5. The molecule has 0 radical (unpaired) electrons. The molecule has 0 spiro atoms. The van der Waals surface area contributed by atoms with Crippen LogP contribution in [0.5, 0.6) is 0 Å². The van der Waals surface area contributed by atoms with E-state index in [4.69, 9.17) is 10.5 Å². The summed E-state index contributed by atoms with van der Waals surface area (Å²) in [5, 5.41) is 1.30. The van der Waals surface area contributed by atoms with Crippen LogP contribution >= 0.6 is 0 Å². The Morgan fingerprint density at radius 3 is 2.84 bits per heavy atom. The maximum atomic E-state index is 5.98. The van der Waals surface area contributed by atoms with E-state index in [-0.39, 0.29) is 6.04 Å². The molecule has 0 saturated carbocycles. The summed E-state index contributed by atoms with van der Waals surface area (Å²) in [6.07, 6.45) is 4.55. The largest absolute Gasteiger partial charge is 0.381 e. The SMILES string of the molecule is CC(N)c1ccc2ccn(CC3CCOCC3)c2c1. The van der Waals surface area contributed by atoms with E-state index in [2.05, 4.69) is 35.0 Å². The predicted octanol–water partition coefficient (Wildman–Crippen LogP) is 3.09. The van der Waals surface area contributed by atoms with Gasteiger partial charge in [0.2, 0.25) is 0 Å².